The average molecular weight is 457 g/mol. The summed E-state index contributed by atoms with van der Waals surface area (Å²) >= 11 is 0. The normalized spacial score (nSPS) is 29.1. The molecule has 2 unspecified atom stereocenters. The number of allylic oxidation sites excluding steroid dienone is 1. The summed E-state index contributed by atoms with van der Waals surface area (Å²) in [6.45, 7) is 0. The molecule has 6 N–H and O–H groups in total. The molecule has 33 heavy (non-hydrogen) atoms. The van der Waals surface area contributed by atoms with Gasteiger partial charge in [0.15, 0.2) is 11.4 Å². The second kappa shape index (κ2) is 7.32. The number of primary amides is 1. The Kier molecular flexibility index (Phi) is 5.06. The quantitative estimate of drug-likeness (QED) is 0.398. The Morgan fingerprint density at radius 2 is 1.76 bits per heavy atom. The zero-order valence-electron chi connectivity index (χ0n) is 18.8. The van der Waals surface area contributed by atoms with Crippen LogP contribution in [-0.2, 0) is 16.0 Å². The van der Waals surface area contributed by atoms with Gasteiger partial charge in [0, 0.05) is 31.3 Å². The van der Waals surface area contributed by atoms with Crippen LogP contribution in [0.25, 0.3) is 0 Å². The summed E-state index contributed by atoms with van der Waals surface area (Å²) in [6, 6.07) is 2.06. The van der Waals surface area contributed by atoms with Gasteiger partial charge >= 0.3 is 0 Å². The molecule has 1 aromatic carbocycles. The highest BCUT2D eigenvalue weighted by atomic mass is 16.3. The number of likely N-dealkylation sites (N-methyl/N-ethyl adjacent to an activating group) is 1. The summed E-state index contributed by atoms with van der Waals surface area (Å²) in [6.07, 6.45) is 0.324. The lowest BCUT2D eigenvalue weighted by Gasteiger charge is -2.50. The maximum atomic E-state index is 13.5. The smallest absolute Gasteiger partial charge is 0.255 e. The second-order valence-corrected chi connectivity index (χ2v) is 9.31. The molecule has 0 bridgehead atoms. The number of carbonyl (C=O) groups excluding carboxylic acids is 3. The van der Waals surface area contributed by atoms with Crippen molar-refractivity contribution in [2.24, 2.45) is 17.6 Å². The van der Waals surface area contributed by atoms with Crippen LogP contribution in [0.4, 0.5) is 5.69 Å². The van der Waals surface area contributed by atoms with E-state index in [-0.39, 0.29) is 29.7 Å². The molecule has 1 amide bonds. The number of aliphatic hydroxyl groups excluding tert-OH is 2. The molecule has 0 fully saturated rings. The van der Waals surface area contributed by atoms with Crippen LogP contribution in [0, 0.1) is 11.8 Å². The number of Topliss-reactive ketones (excluding diaryl/α,β-unsaturated/α-hetero) is 2. The standard InChI is InChI=1S/C23H27N3O7/c1-25(2)12-5-6-13(27)15-10(12)7-9-8-11-17(26(3)4)19(29)16(22(24)32)21(31)23(11,33)20(30)14(9)18(15)28/h5-6,9,11,17,27,29-30,33H,7-8H2,1-4H3,(H2,24,32)/t9?,11?,17-,23-/m0/s1. The summed E-state index contributed by atoms with van der Waals surface area (Å²) < 4.78 is 0. The van der Waals surface area contributed by atoms with Crippen LogP contribution >= 0.6 is 0 Å². The van der Waals surface area contributed by atoms with Crippen molar-refractivity contribution in [3.8, 4) is 5.75 Å². The van der Waals surface area contributed by atoms with E-state index in [0.717, 1.165) is 5.69 Å². The van der Waals surface area contributed by atoms with E-state index in [2.05, 4.69) is 0 Å². The Bertz CT molecular complexity index is 1170. The maximum absolute atomic E-state index is 13.5. The zero-order valence-corrected chi connectivity index (χ0v) is 18.8. The summed E-state index contributed by atoms with van der Waals surface area (Å²) in [5.74, 6) is -6.53. The molecule has 4 rings (SSSR count). The number of aromatic hydroxyl groups is 1. The molecule has 0 aliphatic heterocycles. The van der Waals surface area contributed by atoms with Gasteiger partial charge in [0.25, 0.3) is 5.91 Å². The molecule has 4 atom stereocenters. The minimum atomic E-state index is -2.63. The van der Waals surface area contributed by atoms with Crippen molar-refractivity contribution in [3.05, 3.63) is 45.9 Å². The lowest BCUT2D eigenvalue weighted by atomic mass is 9.58. The number of fused-ring (bicyclic) bond motifs is 3. The van der Waals surface area contributed by atoms with Crippen LogP contribution in [0.5, 0.6) is 5.75 Å². The summed E-state index contributed by atoms with van der Waals surface area (Å²) in [5.41, 5.74) is 3.02. The van der Waals surface area contributed by atoms with Gasteiger partial charge in [-0.25, -0.2) is 0 Å². The highest BCUT2D eigenvalue weighted by Crippen LogP contribution is 2.52. The van der Waals surface area contributed by atoms with Crippen LogP contribution in [0.3, 0.4) is 0 Å². The number of rotatable bonds is 3. The molecule has 0 spiro atoms. The van der Waals surface area contributed by atoms with Crippen molar-refractivity contribution in [2.45, 2.75) is 24.5 Å². The molecule has 0 radical (unpaired) electrons. The highest BCUT2D eigenvalue weighted by Gasteiger charge is 2.63. The Balaban J connectivity index is 1.98. The fraction of sp³-hybridized carbons (Fsp3) is 0.435. The van der Waals surface area contributed by atoms with E-state index in [1.165, 1.54) is 11.0 Å². The minimum absolute atomic E-state index is 0.00184. The zero-order chi connectivity index (χ0) is 24.6. The number of nitrogens with zero attached hydrogens (tertiary/aromatic N) is 2. The van der Waals surface area contributed by atoms with E-state index >= 15 is 0 Å². The van der Waals surface area contributed by atoms with Gasteiger partial charge in [-0.05, 0) is 50.6 Å². The number of anilines is 1. The van der Waals surface area contributed by atoms with Crippen LogP contribution in [0.1, 0.15) is 22.3 Å². The van der Waals surface area contributed by atoms with Gasteiger partial charge in [-0.3, -0.25) is 19.3 Å². The highest BCUT2D eigenvalue weighted by molar-refractivity contribution is 6.24. The second-order valence-electron chi connectivity index (χ2n) is 9.31. The van der Waals surface area contributed by atoms with Gasteiger partial charge in [-0.15, -0.1) is 0 Å². The van der Waals surface area contributed by atoms with E-state index in [9.17, 15) is 34.8 Å². The van der Waals surface area contributed by atoms with E-state index in [0.29, 0.717) is 5.56 Å². The number of benzene rings is 1. The van der Waals surface area contributed by atoms with Crippen molar-refractivity contribution >= 4 is 23.2 Å². The molecule has 176 valence electrons. The number of nitrogens with two attached hydrogens (primary N) is 1. The van der Waals surface area contributed by atoms with Crippen molar-refractivity contribution < 1.29 is 34.8 Å². The first kappa shape index (κ1) is 22.8. The van der Waals surface area contributed by atoms with Gasteiger partial charge in [0.2, 0.25) is 5.78 Å². The first-order chi connectivity index (χ1) is 15.3. The molecular formula is C23H27N3O7. The lowest BCUT2D eigenvalue weighted by Crippen LogP contribution is -2.63. The molecule has 0 heterocycles. The largest absolute Gasteiger partial charge is 0.510 e. The number of phenolic OH excluding ortho intramolecular Hbond substituents is 1. The first-order valence-electron chi connectivity index (χ1n) is 10.5. The topological polar surface area (TPSA) is 165 Å². The van der Waals surface area contributed by atoms with Gasteiger partial charge in [0.1, 0.15) is 22.8 Å². The van der Waals surface area contributed by atoms with Gasteiger partial charge in [0.05, 0.1) is 11.6 Å². The van der Waals surface area contributed by atoms with Crippen molar-refractivity contribution in [1.82, 2.24) is 4.90 Å². The Labute approximate surface area is 190 Å². The Hall–Kier alpha value is -3.37. The Morgan fingerprint density at radius 3 is 2.30 bits per heavy atom. The monoisotopic (exact) mass is 457 g/mol. The molecule has 3 aliphatic carbocycles. The summed E-state index contributed by atoms with van der Waals surface area (Å²) in [7, 11) is 6.79. The number of amides is 1. The van der Waals surface area contributed by atoms with Gasteiger partial charge in [-0.1, -0.05) is 0 Å². The predicted octanol–water partition coefficient (Wildman–Crippen LogP) is 0.187. The molecule has 0 saturated heterocycles. The van der Waals surface area contributed by atoms with Gasteiger partial charge in [-0.2, -0.15) is 0 Å². The number of carbonyl (C=O) groups is 3. The summed E-state index contributed by atoms with van der Waals surface area (Å²) in [4.78, 5) is 42.0. The maximum Gasteiger partial charge on any atom is 0.255 e. The van der Waals surface area contributed by atoms with E-state index in [4.69, 9.17) is 5.73 Å². The minimum Gasteiger partial charge on any atom is -0.510 e. The molecule has 0 aromatic heterocycles. The molecule has 10 nitrogen and oxygen atoms in total. The molecule has 0 saturated carbocycles. The van der Waals surface area contributed by atoms with Crippen molar-refractivity contribution in [1.29, 1.82) is 0 Å². The number of ketones is 2. The van der Waals surface area contributed by atoms with Crippen LogP contribution in [0.15, 0.2) is 34.8 Å². The molecule has 10 heteroatoms. The average Bonchev–Trinajstić information content (AvgIpc) is 2.70. The van der Waals surface area contributed by atoms with Crippen LogP contribution in [-0.4, -0.2) is 82.6 Å². The van der Waals surface area contributed by atoms with Crippen LogP contribution in [0.2, 0.25) is 0 Å². The molecule has 3 aliphatic rings. The number of hydrogen-bond donors (Lipinski definition) is 5. The fourth-order valence-corrected chi connectivity index (χ4v) is 5.65. The third-order valence-corrected chi connectivity index (χ3v) is 7.06. The van der Waals surface area contributed by atoms with E-state index in [1.54, 1.807) is 39.2 Å². The van der Waals surface area contributed by atoms with Crippen molar-refractivity contribution in [3.63, 3.8) is 0 Å². The van der Waals surface area contributed by atoms with E-state index < -0.39 is 58.0 Å². The lowest BCUT2D eigenvalue weighted by molar-refractivity contribution is -0.148. The fourth-order valence-electron chi connectivity index (χ4n) is 5.65. The third kappa shape index (κ3) is 2.90. The summed E-state index contributed by atoms with van der Waals surface area (Å²) in [5, 5.41) is 43.9. The predicted molar refractivity (Wildman–Crippen MR) is 118 cm³/mol. The first-order valence-corrected chi connectivity index (χ1v) is 10.5. The van der Waals surface area contributed by atoms with E-state index in [1.807, 2.05) is 0 Å². The van der Waals surface area contributed by atoms with Crippen LogP contribution < -0.4 is 10.6 Å². The number of hydrogen-bond acceptors (Lipinski definition) is 9. The van der Waals surface area contributed by atoms with Crippen molar-refractivity contribution in [2.75, 3.05) is 33.1 Å². The number of phenols is 1. The van der Waals surface area contributed by atoms with Gasteiger partial charge < -0.3 is 31.1 Å². The molecular weight excluding hydrogens is 430 g/mol. The SMILES string of the molecule is CN(C)c1ccc(O)c2c1CC1CC3[C@H](N(C)C)C(O)=C(C(N)=O)C(=O)[C@@]3(O)C(O)=C1C2=O. The Morgan fingerprint density at radius 1 is 1.12 bits per heavy atom. The molecule has 1 aromatic rings. The number of aliphatic hydroxyl groups is 3. The third-order valence-electron chi connectivity index (χ3n) is 7.06.